The Kier molecular flexibility index (Phi) is 5.46. The molecule has 0 aromatic rings. The van der Waals surface area contributed by atoms with Gasteiger partial charge in [-0.1, -0.05) is 24.3 Å². The largest absolute Gasteiger partial charge is 0.465 e. The summed E-state index contributed by atoms with van der Waals surface area (Å²) in [7, 11) is 0. The van der Waals surface area contributed by atoms with E-state index in [1.54, 1.807) is 0 Å². The van der Waals surface area contributed by atoms with Crippen molar-refractivity contribution in [2.75, 3.05) is 13.2 Å². The first-order valence-electron chi connectivity index (χ1n) is 10.4. The second-order valence-corrected chi connectivity index (χ2v) is 8.52. The first-order chi connectivity index (χ1) is 12.7. The highest BCUT2D eigenvalue weighted by Gasteiger charge is 2.41. The van der Waals surface area contributed by atoms with Crippen LogP contribution in [0.3, 0.4) is 0 Å². The molecule has 0 aliphatic heterocycles. The van der Waals surface area contributed by atoms with Crippen molar-refractivity contribution >= 4 is 11.9 Å². The van der Waals surface area contributed by atoms with Crippen molar-refractivity contribution in [3.8, 4) is 0 Å². The molecule has 0 spiro atoms. The van der Waals surface area contributed by atoms with Crippen molar-refractivity contribution in [1.82, 2.24) is 0 Å². The van der Waals surface area contributed by atoms with E-state index in [1.165, 1.54) is 0 Å². The Morgan fingerprint density at radius 1 is 0.654 bits per heavy atom. The van der Waals surface area contributed by atoms with Crippen molar-refractivity contribution < 1.29 is 19.1 Å². The van der Waals surface area contributed by atoms with E-state index in [9.17, 15) is 9.59 Å². The van der Waals surface area contributed by atoms with Crippen LogP contribution in [0.15, 0.2) is 24.3 Å². The number of rotatable bonds is 9. The molecule has 0 amide bonds. The van der Waals surface area contributed by atoms with Crippen LogP contribution in [0.25, 0.3) is 0 Å². The molecule has 0 aromatic carbocycles. The quantitative estimate of drug-likeness (QED) is 0.354. The van der Waals surface area contributed by atoms with Crippen LogP contribution in [0.2, 0.25) is 0 Å². The Bertz CT molecular complexity index is 541. The van der Waals surface area contributed by atoms with Gasteiger partial charge < -0.3 is 9.47 Å². The number of fused-ring (bicyclic) bond motifs is 4. The van der Waals surface area contributed by atoms with E-state index < -0.39 is 0 Å². The molecular formula is C22H30O4. The Morgan fingerprint density at radius 2 is 1.12 bits per heavy atom. The van der Waals surface area contributed by atoms with Crippen molar-refractivity contribution in [2.45, 2.75) is 51.4 Å². The second kappa shape index (κ2) is 7.98. The molecule has 142 valence electrons. The zero-order chi connectivity index (χ0) is 17.9. The van der Waals surface area contributed by atoms with E-state index in [0.29, 0.717) is 36.9 Å². The van der Waals surface area contributed by atoms with E-state index in [4.69, 9.17) is 9.47 Å². The van der Waals surface area contributed by atoms with Gasteiger partial charge in [0.2, 0.25) is 0 Å². The lowest BCUT2D eigenvalue weighted by atomic mass is 9.94. The number of carbonyl (C=O) groups excluding carboxylic acids is 2. The molecule has 0 unspecified atom stereocenters. The minimum absolute atomic E-state index is 0.00399. The summed E-state index contributed by atoms with van der Waals surface area (Å²) in [6.45, 7) is 1.04. The summed E-state index contributed by atoms with van der Waals surface area (Å²) in [5, 5.41) is 0. The van der Waals surface area contributed by atoms with Gasteiger partial charge in [0.05, 0.1) is 25.0 Å². The highest BCUT2D eigenvalue weighted by atomic mass is 16.5. The van der Waals surface area contributed by atoms with Crippen LogP contribution in [-0.2, 0) is 19.1 Å². The van der Waals surface area contributed by atoms with Crippen LogP contribution < -0.4 is 0 Å². The molecule has 0 saturated heterocycles. The van der Waals surface area contributed by atoms with Crippen LogP contribution in [0.5, 0.6) is 0 Å². The molecule has 0 aromatic heterocycles. The van der Waals surface area contributed by atoms with Crippen molar-refractivity contribution in [2.24, 2.45) is 35.5 Å². The van der Waals surface area contributed by atoms with Gasteiger partial charge in [-0.25, -0.2) is 0 Å². The summed E-state index contributed by atoms with van der Waals surface area (Å²) in [5.74, 6) is 2.26. The third-order valence-electron chi connectivity index (χ3n) is 6.69. The molecule has 6 atom stereocenters. The third-order valence-corrected chi connectivity index (χ3v) is 6.69. The fourth-order valence-corrected chi connectivity index (χ4v) is 5.22. The van der Waals surface area contributed by atoms with Gasteiger partial charge in [0.25, 0.3) is 0 Å². The van der Waals surface area contributed by atoms with Gasteiger partial charge >= 0.3 is 11.9 Å². The van der Waals surface area contributed by atoms with E-state index in [0.717, 1.165) is 51.4 Å². The van der Waals surface area contributed by atoms with E-state index in [1.807, 2.05) is 0 Å². The van der Waals surface area contributed by atoms with Gasteiger partial charge in [0, 0.05) is 0 Å². The monoisotopic (exact) mass is 358 g/mol. The molecule has 4 rings (SSSR count). The van der Waals surface area contributed by atoms with Crippen LogP contribution in [-0.4, -0.2) is 25.2 Å². The molecule has 0 radical (unpaired) electrons. The average Bonchev–Trinajstić information content (AvgIpc) is 3.43. The zero-order valence-corrected chi connectivity index (χ0v) is 15.5. The number of allylic oxidation sites excluding steroid dienone is 4. The summed E-state index contributed by atoms with van der Waals surface area (Å²) < 4.78 is 10.9. The number of ether oxygens (including phenoxy) is 2. The number of carbonyl (C=O) groups is 2. The van der Waals surface area contributed by atoms with Crippen molar-refractivity contribution in [3.63, 3.8) is 0 Å². The molecule has 0 N–H and O–H groups in total. The molecule has 0 heterocycles. The first-order valence-corrected chi connectivity index (χ1v) is 10.4. The summed E-state index contributed by atoms with van der Waals surface area (Å²) in [6, 6.07) is 0. The van der Waals surface area contributed by atoms with Crippen molar-refractivity contribution in [1.29, 1.82) is 0 Å². The summed E-state index contributed by atoms with van der Waals surface area (Å²) in [6.07, 6.45) is 16.9. The number of esters is 2. The first kappa shape index (κ1) is 17.8. The van der Waals surface area contributed by atoms with E-state index in [-0.39, 0.29) is 23.8 Å². The summed E-state index contributed by atoms with van der Waals surface area (Å²) >= 11 is 0. The lowest BCUT2D eigenvalue weighted by molar-refractivity contribution is -0.150. The van der Waals surface area contributed by atoms with Gasteiger partial charge in [-0.2, -0.15) is 0 Å². The molecule has 4 heteroatoms. The number of hydrogen-bond acceptors (Lipinski definition) is 4. The highest BCUT2D eigenvalue weighted by Crippen LogP contribution is 2.44. The third kappa shape index (κ3) is 3.89. The maximum absolute atomic E-state index is 12.1. The summed E-state index contributed by atoms with van der Waals surface area (Å²) in [5.41, 5.74) is 0. The fourth-order valence-electron chi connectivity index (χ4n) is 5.22. The molecule has 4 aliphatic carbocycles. The zero-order valence-electron chi connectivity index (χ0n) is 15.5. The Labute approximate surface area is 156 Å². The second-order valence-electron chi connectivity index (χ2n) is 8.52. The van der Waals surface area contributed by atoms with Gasteiger partial charge in [-0.05, 0) is 75.0 Å². The molecule has 4 bridgehead atoms. The molecule has 4 aliphatic rings. The lowest BCUT2D eigenvalue weighted by Crippen LogP contribution is -2.22. The summed E-state index contributed by atoms with van der Waals surface area (Å²) in [4.78, 5) is 24.2. The fraction of sp³-hybridized carbons (Fsp3) is 0.727. The number of unbranched alkanes of at least 4 members (excludes halogenated alkanes) is 3. The molecule has 4 nitrogen and oxygen atoms in total. The average molecular weight is 358 g/mol. The van der Waals surface area contributed by atoms with E-state index >= 15 is 0 Å². The number of hydrogen-bond donors (Lipinski definition) is 0. The van der Waals surface area contributed by atoms with Gasteiger partial charge in [0.15, 0.2) is 0 Å². The molecule has 26 heavy (non-hydrogen) atoms. The minimum Gasteiger partial charge on any atom is -0.465 e. The van der Waals surface area contributed by atoms with Crippen LogP contribution in [0.1, 0.15) is 51.4 Å². The van der Waals surface area contributed by atoms with Crippen molar-refractivity contribution in [3.05, 3.63) is 24.3 Å². The lowest BCUT2D eigenvalue weighted by Gasteiger charge is -2.17. The SMILES string of the molecule is O=C(OCCCCCCOC(=O)[C@@H]1C[C@@H]2C=C[C@H]1C2)[C@@H]1C[C@@H]2C=C[C@H]1C2. The smallest absolute Gasteiger partial charge is 0.309 e. The highest BCUT2D eigenvalue weighted by molar-refractivity contribution is 5.74. The van der Waals surface area contributed by atoms with Crippen LogP contribution >= 0.6 is 0 Å². The predicted octanol–water partition coefficient (Wildman–Crippen LogP) is 4.06. The topological polar surface area (TPSA) is 52.6 Å². The van der Waals surface area contributed by atoms with Gasteiger partial charge in [-0.3, -0.25) is 9.59 Å². The molecule has 2 fully saturated rings. The van der Waals surface area contributed by atoms with Gasteiger partial charge in [0.1, 0.15) is 0 Å². The normalized spacial score (nSPS) is 36.0. The molecule has 2 saturated carbocycles. The Morgan fingerprint density at radius 3 is 1.46 bits per heavy atom. The van der Waals surface area contributed by atoms with E-state index in [2.05, 4.69) is 24.3 Å². The Balaban J connectivity index is 1.01. The maximum Gasteiger partial charge on any atom is 0.309 e. The minimum atomic E-state index is -0.00399. The molecular weight excluding hydrogens is 328 g/mol. The standard InChI is InChI=1S/C22H30O4/c23-21(19-13-15-5-7-17(19)11-15)25-9-3-1-2-4-10-26-22(24)20-14-16-6-8-18(20)12-16/h5-8,15-20H,1-4,9-14H2/t15-,16-,17+,18+,19-,20-/m1/s1. The maximum atomic E-state index is 12.1. The van der Waals surface area contributed by atoms with Crippen LogP contribution in [0, 0.1) is 35.5 Å². The van der Waals surface area contributed by atoms with Gasteiger partial charge in [-0.15, -0.1) is 0 Å². The van der Waals surface area contributed by atoms with Crippen LogP contribution in [0.4, 0.5) is 0 Å². The Hall–Kier alpha value is -1.58. The predicted molar refractivity (Wildman–Crippen MR) is 98.1 cm³/mol.